The Labute approximate surface area is 183 Å². The number of nitrogens with zero attached hydrogens (tertiary/aromatic N) is 2. The van der Waals surface area contributed by atoms with Crippen molar-refractivity contribution in [3.63, 3.8) is 0 Å². The van der Waals surface area contributed by atoms with Gasteiger partial charge in [0.15, 0.2) is 5.69 Å². The molecule has 31 heavy (non-hydrogen) atoms. The molecule has 6 heteroatoms. The van der Waals surface area contributed by atoms with Crippen LogP contribution < -0.4 is 5.32 Å². The third kappa shape index (κ3) is 6.76. The number of hydrogen-bond donors (Lipinski definition) is 1. The lowest BCUT2D eigenvalue weighted by atomic mass is 10.0. The molecule has 0 fully saturated rings. The van der Waals surface area contributed by atoms with Gasteiger partial charge in [0.05, 0.1) is 6.54 Å². The van der Waals surface area contributed by atoms with Crippen LogP contribution in [0.4, 0.5) is 4.39 Å². The van der Waals surface area contributed by atoms with Gasteiger partial charge >= 0.3 is 0 Å². The Hall–Kier alpha value is -2.99. The zero-order valence-corrected chi connectivity index (χ0v) is 18.6. The topological polar surface area (TPSA) is 58.4 Å². The van der Waals surface area contributed by atoms with E-state index in [0.717, 1.165) is 11.1 Å². The minimum Gasteiger partial charge on any atom is -0.447 e. The van der Waals surface area contributed by atoms with Gasteiger partial charge in [0.25, 0.3) is 5.91 Å². The molecule has 0 saturated heterocycles. The van der Waals surface area contributed by atoms with E-state index >= 15 is 0 Å². The molecule has 0 radical (unpaired) electrons. The van der Waals surface area contributed by atoms with Crippen molar-refractivity contribution < 1.29 is 13.6 Å². The summed E-state index contributed by atoms with van der Waals surface area (Å²) in [4.78, 5) is 18.7. The summed E-state index contributed by atoms with van der Waals surface area (Å²) in [5.74, 6) is 0.439. The molecule has 0 unspecified atom stereocenters. The molecule has 0 bridgehead atoms. The monoisotopic (exact) mass is 423 g/mol. The zero-order chi connectivity index (χ0) is 22.4. The Morgan fingerprint density at radius 3 is 2.10 bits per heavy atom. The Morgan fingerprint density at radius 1 is 0.968 bits per heavy atom. The van der Waals surface area contributed by atoms with Crippen LogP contribution in [-0.4, -0.2) is 21.8 Å². The number of aromatic nitrogens is 1. The molecule has 3 aromatic rings. The van der Waals surface area contributed by atoms with Crippen LogP contribution in [0.15, 0.2) is 59.2 Å². The van der Waals surface area contributed by atoms with Crippen molar-refractivity contribution in [2.24, 2.45) is 0 Å². The molecule has 1 amide bonds. The number of oxazole rings is 1. The first-order valence-electron chi connectivity index (χ1n) is 10.6. The molecule has 5 nitrogen and oxygen atoms in total. The summed E-state index contributed by atoms with van der Waals surface area (Å²) in [7, 11) is 0. The third-order valence-corrected chi connectivity index (χ3v) is 4.94. The van der Waals surface area contributed by atoms with Gasteiger partial charge < -0.3 is 9.73 Å². The lowest BCUT2D eigenvalue weighted by molar-refractivity contribution is 0.0938. The largest absolute Gasteiger partial charge is 0.447 e. The first-order chi connectivity index (χ1) is 14.8. The Balaban J connectivity index is 1.76. The highest BCUT2D eigenvalue weighted by Crippen LogP contribution is 2.18. The molecule has 164 valence electrons. The number of rotatable bonds is 9. The summed E-state index contributed by atoms with van der Waals surface area (Å²) in [5, 5.41) is 2.81. The Morgan fingerprint density at radius 2 is 1.55 bits per heavy atom. The molecule has 0 aliphatic heterocycles. The van der Waals surface area contributed by atoms with E-state index in [9.17, 15) is 9.18 Å². The highest BCUT2D eigenvalue weighted by atomic mass is 19.1. The zero-order valence-electron chi connectivity index (χ0n) is 18.6. The van der Waals surface area contributed by atoms with Crippen LogP contribution in [0.5, 0.6) is 0 Å². The van der Waals surface area contributed by atoms with E-state index in [4.69, 9.17) is 4.42 Å². The molecule has 2 aromatic carbocycles. The van der Waals surface area contributed by atoms with Gasteiger partial charge in [-0.05, 0) is 48.6 Å². The maximum Gasteiger partial charge on any atom is 0.273 e. The highest BCUT2D eigenvalue weighted by Gasteiger charge is 2.16. The Kier molecular flexibility index (Phi) is 7.58. The van der Waals surface area contributed by atoms with Crippen LogP contribution in [0.1, 0.15) is 66.7 Å². The fraction of sp³-hybridized carbons (Fsp3) is 0.360. The van der Waals surface area contributed by atoms with Crippen molar-refractivity contribution >= 4 is 5.91 Å². The van der Waals surface area contributed by atoms with Gasteiger partial charge in [-0.25, -0.2) is 9.37 Å². The predicted octanol–water partition coefficient (Wildman–Crippen LogP) is 5.28. The fourth-order valence-corrected chi connectivity index (χ4v) is 3.30. The molecule has 1 aromatic heterocycles. The minimum atomic E-state index is -0.256. The smallest absolute Gasteiger partial charge is 0.273 e. The van der Waals surface area contributed by atoms with E-state index in [2.05, 4.69) is 53.3 Å². The summed E-state index contributed by atoms with van der Waals surface area (Å²) < 4.78 is 18.9. The van der Waals surface area contributed by atoms with Crippen molar-refractivity contribution in [3.05, 3.63) is 88.9 Å². The second-order valence-corrected chi connectivity index (χ2v) is 8.42. The van der Waals surface area contributed by atoms with Crippen LogP contribution in [0.25, 0.3) is 0 Å². The summed E-state index contributed by atoms with van der Waals surface area (Å²) in [6, 6.07) is 15.1. The first kappa shape index (κ1) is 22.7. The van der Waals surface area contributed by atoms with Crippen LogP contribution in [0.2, 0.25) is 0 Å². The van der Waals surface area contributed by atoms with Gasteiger partial charge in [0.2, 0.25) is 5.89 Å². The summed E-state index contributed by atoms with van der Waals surface area (Å²) in [5.41, 5.74) is 3.72. The summed E-state index contributed by atoms with van der Waals surface area (Å²) in [6.45, 7) is 9.84. The van der Waals surface area contributed by atoms with Crippen molar-refractivity contribution in [1.82, 2.24) is 15.2 Å². The second kappa shape index (κ2) is 10.4. The van der Waals surface area contributed by atoms with Gasteiger partial charge in [-0.15, -0.1) is 0 Å². The van der Waals surface area contributed by atoms with E-state index in [1.807, 2.05) is 13.8 Å². The van der Waals surface area contributed by atoms with Crippen LogP contribution in [0, 0.1) is 5.82 Å². The van der Waals surface area contributed by atoms with Crippen LogP contribution in [0.3, 0.4) is 0 Å². The van der Waals surface area contributed by atoms with E-state index in [0.29, 0.717) is 31.4 Å². The quantitative estimate of drug-likeness (QED) is 0.509. The maximum absolute atomic E-state index is 13.3. The first-order valence-corrected chi connectivity index (χ1v) is 10.6. The molecular formula is C25H30FN3O2. The second-order valence-electron chi connectivity index (χ2n) is 8.42. The van der Waals surface area contributed by atoms with E-state index in [1.54, 1.807) is 12.1 Å². The van der Waals surface area contributed by atoms with Gasteiger partial charge in [0.1, 0.15) is 12.1 Å². The number of carbonyl (C=O) groups is 1. The minimum absolute atomic E-state index is 0.0245. The van der Waals surface area contributed by atoms with Gasteiger partial charge in [0, 0.05) is 19.1 Å². The van der Waals surface area contributed by atoms with Crippen LogP contribution >= 0.6 is 0 Å². The molecule has 0 aliphatic rings. The molecule has 1 N–H and O–H groups in total. The van der Waals surface area contributed by atoms with Gasteiger partial charge in [-0.2, -0.15) is 0 Å². The number of amides is 1. The number of halogens is 1. The molecule has 0 atom stereocenters. The fourth-order valence-electron chi connectivity index (χ4n) is 3.30. The average Bonchev–Trinajstić information content (AvgIpc) is 3.18. The SMILES string of the molecule is CC(C)NC(=O)c1coc(CN(Cc2ccc(F)cc2)Cc2ccc(C(C)C)cc2)n1. The molecule has 0 saturated carbocycles. The lowest BCUT2D eigenvalue weighted by Gasteiger charge is -2.21. The lowest BCUT2D eigenvalue weighted by Crippen LogP contribution is -2.30. The van der Waals surface area contributed by atoms with Gasteiger partial charge in [-0.3, -0.25) is 9.69 Å². The Bertz CT molecular complexity index is 979. The molecular weight excluding hydrogens is 393 g/mol. The number of hydrogen-bond acceptors (Lipinski definition) is 4. The number of carbonyl (C=O) groups excluding carboxylic acids is 1. The maximum atomic E-state index is 13.3. The standard InChI is InChI=1S/C25H30FN3O2/c1-17(2)21-9-5-19(6-10-21)13-29(14-20-7-11-22(26)12-8-20)15-24-28-23(16-31-24)25(30)27-18(3)4/h5-12,16-18H,13-15H2,1-4H3,(H,27,30). The van der Waals surface area contributed by atoms with Crippen molar-refractivity contribution in [3.8, 4) is 0 Å². The summed E-state index contributed by atoms with van der Waals surface area (Å²) in [6.07, 6.45) is 1.39. The predicted molar refractivity (Wildman–Crippen MR) is 119 cm³/mol. The van der Waals surface area contributed by atoms with E-state index in [1.165, 1.54) is 24.0 Å². The molecule has 0 aliphatic carbocycles. The average molecular weight is 424 g/mol. The highest BCUT2D eigenvalue weighted by molar-refractivity contribution is 5.92. The van der Waals surface area contributed by atoms with Crippen LogP contribution in [-0.2, 0) is 19.6 Å². The van der Waals surface area contributed by atoms with E-state index in [-0.39, 0.29) is 23.5 Å². The molecule has 1 heterocycles. The molecule has 0 spiro atoms. The number of benzene rings is 2. The van der Waals surface area contributed by atoms with Crippen molar-refractivity contribution in [2.45, 2.75) is 59.3 Å². The third-order valence-electron chi connectivity index (χ3n) is 4.94. The normalized spacial score (nSPS) is 11.5. The van der Waals surface area contributed by atoms with Gasteiger partial charge in [-0.1, -0.05) is 50.2 Å². The summed E-state index contributed by atoms with van der Waals surface area (Å²) >= 11 is 0. The van der Waals surface area contributed by atoms with Crippen molar-refractivity contribution in [1.29, 1.82) is 0 Å². The van der Waals surface area contributed by atoms with E-state index < -0.39 is 0 Å². The van der Waals surface area contributed by atoms with Crippen molar-refractivity contribution in [2.75, 3.05) is 0 Å². The molecule has 3 rings (SSSR count). The number of nitrogens with one attached hydrogen (secondary N) is 1.